The highest BCUT2D eigenvalue weighted by atomic mass is 16.2. The summed E-state index contributed by atoms with van der Waals surface area (Å²) in [6.07, 6.45) is 4.67. The van der Waals surface area contributed by atoms with E-state index in [1.807, 2.05) is 4.90 Å². The van der Waals surface area contributed by atoms with Crippen molar-refractivity contribution in [2.75, 3.05) is 33.7 Å². The second-order valence-corrected chi connectivity index (χ2v) is 7.50. The molecular formula is C20H29N3O2. The van der Waals surface area contributed by atoms with Crippen molar-refractivity contribution in [3.63, 3.8) is 0 Å². The average molecular weight is 343 g/mol. The molecule has 1 unspecified atom stereocenters. The smallest absolute Gasteiger partial charge is 0.242 e. The maximum atomic E-state index is 12.8. The Morgan fingerprint density at radius 2 is 1.88 bits per heavy atom. The van der Waals surface area contributed by atoms with E-state index in [0.717, 1.165) is 45.3 Å². The Morgan fingerprint density at radius 1 is 1.12 bits per heavy atom. The van der Waals surface area contributed by atoms with Gasteiger partial charge in [-0.25, -0.2) is 0 Å². The summed E-state index contributed by atoms with van der Waals surface area (Å²) in [4.78, 5) is 30.5. The molecule has 2 amide bonds. The van der Waals surface area contributed by atoms with Crippen molar-refractivity contribution in [3.8, 4) is 0 Å². The van der Waals surface area contributed by atoms with E-state index in [0.29, 0.717) is 6.42 Å². The van der Waals surface area contributed by atoms with Gasteiger partial charge in [0, 0.05) is 26.1 Å². The molecule has 0 spiro atoms. The van der Waals surface area contributed by atoms with Crippen LogP contribution in [0.5, 0.6) is 0 Å². The van der Waals surface area contributed by atoms with Crippen molar-refractivity contribution in [2.45, 2.75) is 44.7 Å². The molecule has 0 aliphatic carbocycles. The quantitative estimate of drug-likeness (QED) is 0.825. The van der Waals surface area contributed by atoms with Crippen LogP contribution in [0.4, 0.5) is 0 Å². The monoisotopic (exact) mass is 343 g/mol. The van der Waals surface area contributed by atoms with Gasteiger partial charge < -0.3 is 14.7 Å². The first-order chi connectivity index (χ1) is 12.0. The SMILES string of the molecule is CN(C)Cc1ccc(C2CCCCN2C(=O)CN2CCCC2=O)cc1. The highest BCUT2D eigenvalue weighted by molar-refractivity contribution is 5.86. The van der Waals surface area contributed by atoms with Crippen LogP contribution >= 0.6 is 0 Å². The molecule has 2 aliphatic heterocycles. The number of hydrogen-bond donors (Lipinski definition) is 0. The molecule has 136 valence electrons. The largest absolute Gasteiger partial charge is 0.334 e. The maximum Gasteiger partial charge on any atom is 0.242 e. The number of amides is 2. The normalized spacial score (nSPS) is 21.2. The summed E-state index contributed by atoms with van der Waals surface area (Å²) in [6, 6.07) is 8.80. The number of likely N-dealkylation sites (tertiary alicyclic amines) is 2. The van der Waals surface area contributed by atoms with Gasteiger partial charge in [-0.1, -0.05) is 24.3 Å². The minimum atomic E-state index is 0.0947. The highest BCUT2D eigenvalue weighted by Gasteiger charge is 2.31. The lowest BCUT2D eigenvalue weighted by Gasteiger charge is -2.37. The lowest BCUT2D eigenvalue weighted by atomic mass is 9.94. The number of hydrogen-bond acceptors (Lipinski definition) is 3. The molecule has 0 aromatic heterocycles. The van der Waals surface area contributed by atoms with E-state index in [9.17, 15) is 9.59 Å². The van der Waals surface area contributed by atoms with Crippen molar-refractivity contribution in [1.82, 2.24) is 14.7 Å². The fourth-order valence-electron chi connectivity index (χ4n) is 3.91. The molecule has 3 rings (SSSR count). The van der Waals surface area contributed by atoms with E-state index in [1.165, 1.54) is 11.1 Å². The van der Waals surface area contributed by atoms with Gasteiger partial charge in [-0.2, -0.15) is 0 Å². The summed E-state index contributed by atoms with van der Waals surface area (Å²) < 4.78 is 0. The third-order valence-electron chi connectivity index (χ3n) is 5.18. The highest BCUT2D eigenvalue weighted by Crippen LogP contribution is 2.31. The van der Waals surface area contributed by atoms with Crippen LogP contribution in [0.25, 0.3) is 0 Å². The van der Waals surface area contributed by atoms with Crippen molar-refractivity contribution in [3.05, 3.63) is 35.4 Å². The van der Waals surface area contributed by atoms with Crippen LogP contribution in [0.2, 0.25) is 0 Å². The molecule has 1 aromatic rings. The lowest BCUT2D eigenvalue weighted by Crippen LogP contribution is -2.44. The van der Waals surface area contributed by atoms with Crippen LogP contribution in [0.15, 0.2) is 24.3 Å². The second kappa shape index (κ2) is 8.00. The molecule has 0 bridgehead atoms. The fourth-order valence-corrected chi connectivity index (χ4v) is 3.91. The minimum Gasteiger partial charge on any atom is -0.334 e. The van der Waals surface area contributed by atoms with Crippen LogP contribution < -0.4 is 0 Å². The van der Waals surface area contributed by atoms with E-state index in [4.69, 9.17) is 0 Å². The molecule has 2 fully saturated rings. The van der Waals surface area contributed by atoms with E-state index < -0.39 is 0 Å². The topological polar surface area (TPSA) is 43.9 Å². The Labute approximate surface area is 150 Å². The van der Waals surface area contributed by atoms with Crippen LogP contribution in [0.1, 0.15) is 49.3 Å². The molecule has 5 nitrogen and oxygen atoms in total. The summed E-state index contributed by atoms with van der Waals surface area (Å²) in [5.74, 6) is 0.215. The number of piperidine rings is 1. The zero-order valence-electron chi connectivity index (χ0n) is 15.4. The minimum absolute atomic E-state index is 0.0947. The van der Waals surface area contributed by atoms with Crippen LogP contribution in [0.3, 0.4) is 0 Å². The molecule has 0 saturated carbocycles. The molecule has 0 radical (unpaired) electrons. The first kappa shape index (κ1) is 17.9. The van der Waals surface area contributed by atoms with E-state index in [1.54, 1.807) is 4.90 Å². The zero-order chi connectivity index (χ0) is 17.8. The summed E-state index contributed by atoms with van der Waals surface area (Å²) in [7, 11) is 4.13. The molecule has 1 atom stereocenters. The molecule has 5 heteroatoms. The third-order valence-corrected chi connectivity index (χ3v) is 5.18. The Bertz CT molecular complexity index is 612. The van der Waals surface area contributed by atoms with Crippen molar-refractivity contribution < 1.29 is 9.59 Å². The van der Waals surface area contributed by atoms with Gasteiger partial charge in [0.1, 0.15) is 0 Å². The van der Waals surface area contributed by atoms with Crippen molar-refractivity contribution >= 4 is 11.8 Å². The van der Waals surface area contributed by atoms with Gasteiger partial charge in [0.05, 0.1) is 12.6 Å². The molecule has 2 aliphatic rings. The number of carbonyl (C=O) groups is 2. The molecule has 25 heavy (non-hydrogen) atoms. The summed E-state index contributed by atoms with van der Waals surface area (Å²) >= 11 is 0. The predicted octanol–water partition coefficient (Wildman–Crippen LogP) is 2.42. The first-order valence-electron chi connectivity index (χ1n) is 9.35. The zero-order valence-corrected chi connectivity index (χ0v) is 15.4. The molecule has 1 aromatic carbocycles. The van der Waals surface area contributed by atoms with E-state index in [2.05, 4.69) is 43.3 Å². The second-order valence-electron chi connectivity index (χ2n) is 7.50. The van der Waals surface area contributed by atoms with Crippen molar-refractivity contribution in [1.29, 1.82) is 0 Å². The summed E-state index contributed by atoms with van der Waals surface area (Å²) in [5.41, 5.74) is 2.49. The van der Waals surface area contributed by atoms with Gasteiger partial charge in [0.2, 0.25) is 11.8 Å². The third kappa shape index (κ3) is 4.40. The van der Waals surface area contributed by atoms with E-state index >= 15 is 0 Å². The summed E-state index contributed by atoms with van der Waals surface area (Å²) in [5, 5.41) is 0. The standard InChI is InChI=1S/C20H29N3O2/c1-21(2)14-16-8-10-17(11-9-16)18-6-3-4-13-23(18)20(25)15-22-12-5-7-19(22)24/h8-11,18H,3-7,12-15H2,1-2H3. The van der Waals surface area contributed by atoms with Gasteiger partial charge >= 0.3 is 0 Å². The Kier molecular flexibility index (Phi) is 5.74. The average Bonchev–Trinajstić information content (AvgIpc) is 3.00. The number of nitrogens with zero attached hydrogens (tertiary/aromatic N) is 3. The molecule has 2 heterocycles. The predicted molar refractivity (Wildman–Crippen MR) is 98.0 cm³/mol. The Morgan fingerprint density at radius 3 is 2.52 bits per heavy atom. The molecule has 2 saturated heterocycles. The van der Waals surface area contributed by atoms with Crippen LogP contribution in [-0.2, 0) is 16.1 Å². The van der Waals surface area contributed by atoms with Gasteiger partial charge in [-0.05, 0) is 50.9 Å². The lowest BCUT2D eigenvalue weighted by molar-refractivity contribution is -0.141. The van der Waals surface area contributed by atoms with Gasteiger partial charge in [0.25, 0.3) is 0 Å². The summed E-state index contributed by atoms with van der Waals surface area (Å²) in [6.45, 7) is 2.69. The van der Waals surface area contributed by atoms with Crippen LogP contribution in [-0.4, -0.2) is 60.2 Å². The molecule has 0 N–H and O–H groups in total. The Balaban J connectivity index is 1.69. The number of rotatable bonds is 5. The molecular weight excluding hydrogens is 314 g/mol. The first-order valence-corrected chi connectivity index (χ1v) is 9.35. The number of benzene rings is 1. The number of carbonyl (C=O) groups excluding carboxylic acids is 2. The van der Waals surface area contributed by atoms with Gasteiger partial charge in [-0.3, -0.25) is 9.59 Å². The van der Waals surface area contributed by atoms with Crippen molar-refractivity contribution in [2.24, 2.45) is 0 Å². The fraction of sp³-hybridized carbons (Fsp3) is 0.600. The Hall–Kier alpha value is -1.88. The van der Waals surface area contributed by atoms with Gasteiger partial charge in [0.15, 0.2) is 0 Å². The maximum absolute atomic E-state index is 12.8. The van der Waals surface area contributed by atoms with E-state index in [-0.39, 0.29) is 24.4 Å². The van der Waals surface area contributed by atoms with Crippen LogP contribution in [0, 0.1) is 0 Å². The van der Waals surface area contributed by atoms with Gasteiger partial charge in [-0.15, -0.1) is 0 Å².